The standard InChI is InChI=1S/C10H10N2O/c1-7-4-5-9-8(10(7)12-13)3-2-6-11-9/h2-6,12-13H,1H3. The number of aryl methyl sites for hydroxylation is 1. The summed E-state index contributed by atoms with van der Waals surface area (Å²) in [6.45, 7) is 1.94. The van der Waals surface area contributed by atoms with Crippen molar-refractivity contribution in [1.29, 1.82) is 0 Å². The molecule has 0 atom stereocenters. The van der Waals surface area contributed by atoms with Crippen LogP contribution in [0.4, 0.5) is 5.69 Å². The van der Waals surface area contributed by atoms with Crippen molar-refractivity contribution >= 4 is 16.6 Å². The lowest BCUT2D eigenvalue weighted by molar-refractivity contribution is 0.389. The second-order valence-corrected chi connectivity index (χ2v) is 2.94. The van der Waals surface area contributed by atoms with Crippen LogP contribution in [0, 0.1) is 6.92 Å². The van der Waals surface area contributed by atoms with Gasteiger partial charge in [-0.25, -0.2) is 0 Å². The summed E-state index contributed by atoms with van der Waals surface area (Å²) in [5.74, 6) is 0. The molecule has 0 spiro atoms. The fraction of sp³-hybridized carbons (Fsp3) is 0.100. The maximum absolute atomic E-state index is 8.94. The summed E-state index contributed by atoms with van der Waals surface area (Å²) in [5.41, 5.74) is 4.81. The van der Waals surface area contributed by atoms with Crippen LogP contribution < -0.4 is 5.48 Å². The monoisotopic (exact) mass is 174 g/mol. The van der Waals surface area contributed by atoms with Crippen LogP contribution in [0.3, 0.4) is 0 Å². The number of aromatic nitrogens is 1. The molecule has 0 saturated heterocycles. The van der Waals surface area contributed by atoms with E-state index < -0.39 is 0 Å². The quantitative estimate of drug-likeness (QED) is 0.652. The van der Waals surface area contributed by atoms with Crippen LogP contribution in [0.15, 0.2) is 30.5 Å². The first kappa shape index (κ1) is 8.01. The highest BCUT2D eigenvalue weighted by atomic mass is 16.5. The zero-order valence-electron chi connectivity index (χ0n) is 7.28. The van der Waals surface area contributed by atoms with Gasteiger partial charge in [0.25, 0.3) is 0 Å². The van der Waals surface area contributed by atoms with E-state index in [-0.39, 0.29) is 0 Å². The molecule has 66 valence electrons. The van der Waals surface area contributed by atoms with Gasteiger partial charge in [0.1, 0.15) is 0 Å². The number of rotatable bonds is 1. The van der Waals surface area contributed by atoms with Crippen LogP contribution >= 0.6 is 0 Å². The summed E-state index contributed by atoms with van der Waals surface area (Å²) in [6.07, 6.45) is 1.73. The van der Waals surface area contributed by atoms with Crippen molar-refractivity contribution in [2.75, 3.05) is 5.48 Å². The first-order valence-electron chi connectivity index (χ1n) is 4.07. The second kappa shape index (κ2) is 3.03. The summed E-state index contributed by atoms with van der Waals surface area (Å²) in [5, 5.41) is 9.87. The van der Waals surface area contributed by atoms with Crippen molar-refractivity contribution in [3.05, 3.63) is 36.0 Å². The molecule has 2 aromatic rings. The van der Waals surface area contributed by atoms with E-state index in [4.69, 9.17) is 5.21 Å². The third-order valence-corrected chi connectivity index (χ3v) is 2.11. The van der Waals surface area contributed by atoms with Crippen LogP contribution in [0.5, 0.6) is 0 Å². The summed E-state index contributed by atoms with van der Waals surface area (Å²) in [4.78, 5) is 4.18. The smallest absolute Gasteiger partial charge is 0.0725 e. The van der Waals surface area contributed by atoms with Gasteiger partial charge in [-0.1, -0.05) is 6.07 Å². The van der Waals surface area contributed by atoms with E-state index >= 15 is 0 Å². The highest BCUT2D eigenvalue weighted by molar-refractivity contribution is 5.92. The number of hydrogen-bond acceptors (Lipinski definition) is 3. The molecule has 0 aliphatic carbocycles. The Hall–Kier alpha value is -1.61. The van der Waals surface area contributed by atoms with Crippen molar-refractivity contribution < 1.29 is 5.21 Å². The SMILES string of the molecule is Cc1ccc2ncccc2c1NO. The van der Waals surface area contributed by atoms with Crippen LogP contribution in [0.2, 0.25) is 0 Å². The molecule has 0 radical (unpaired) electrons. The van der Waals surface area contributed by atoms with Gasteiger partial charge in [0.2, 0.25) is 0 Å². The Morgan fingerprint density at radius 3 is 2.92 bits per heavy atom. The van der Waals surface area contributed by atoms with Gasteiger partial charge in [-0.3, -0.25) is 15.7 Å². The number of benzene rings is 1. The van der Waals surface area contributed by atoms with Gasteiger partial charge in [0, 0.05) is 11.6 Å². The topological polar surface area (TPSA) is 45.2 Å². The Balaban J connectivity index is 2.84. The van der Waals surface area contributed by atoms with Crippen molar-refractivity contribution in [3.63, 3.8) is 0 Å². The summed E-state index contributed by atoms with van der Waals surface area (Å²) >= 11 is 0. The fourth-order valence-corrected chi connectivity index (χ4v) is 1.41. The average molecular weight is 174 g/mol. The van der Waals surface area contributed by atoms with E-state index in [2.05, 4.69) is 10.5 Å². The normalized spacial score (nSPS) is 10.3. The Labute approximate surface area is 76.0 Å². The molecule has 3 nitrogen and oxygen atoms in total. The largest absolute Gasteiger partial charge is 0.291 e. The minimum atomic E-state index is 0.727. The Morgan fingerprint density at radius 2 is 2.15 bits per heavy atom. The molecule has 1 aromatic carbocycles. The van der Waals surface area contributed by atoms with Gasteiger partial charge in [0.05, 0.1) is 11.2 Å². The molecule has 0 aliphatic rings. The number of pyridine rings is 1. The first-order valence-corrected chi connectivity index (χ1v) is 4.07. The number of nitrogens with one attached hydrogen (secondary N) is 1. The van der Waals surface area contributed by atoms with Crippen LogP contribution in [0.25, 0.3) is 10.9 Å². The fourth-order valence-electron chi connectivity index (χ4n) is 1.41. The van der Waals surface area contributed by atoms with Crippen molar-refractivity contribution in [3.8, 4) is 0 Å². The van der Waals surface area contributed by atoms with E-state index in [0.717, 1.165) is 22.2 Å². The van der Waals surface area contributed by atoms with E-state index in [1.807, 2.05) is 31.2 Å². The van der Waals surface area contributed by atoms with Crippen LogP contribution in [-0.4, -0.2) is 10.2 Å². The zero-order valence-corrected chi connectivity index (χ0v) is 7.28. The second-order valence-electron chi connectivity index (χ2n) is 2.94. The number of anilines is 1. The van der Waals surface area contributed by atoms with Gasteiger partial charge < -0.3 is 0 Å². The summed E-state index contributed by atoms with van der Waals surface area (Å²) in [7, 11) is 0. The molecule has 0 fully saturated rings. The number of nitrogens with zero attached hydrogens (tertiary/aromatic N) is 1. The van der Waals surface area contributed by atoms with Gasteiger partial charge in [-0.2, -0.15) is 0 Å². The lowest BCUT2D eigenvalue weighted by atomic mass is 10.1. The highest BCUT2D eigenvalue weighted by Gasteiger charge is 2.02. The first-order chi connectivity index (χ1) is 6.33. The van der Waals surface area contributed by atoms with Gasteiger partial charge in [0.15, 0.2) is 0 Å². The number of fused-ring (bicyclic) bond motifs is 1. The van der Waals surface area contributed by atoms with E-state index in [9.17, 15) is 0 Å². The van der Waals surface area contributed by atoms with Crippen molar-refractivity contribution in [2.24, 2.45) is 0 Å². The van der Waals surface area contributed by atoms with E-state index in [0.29, 0.717) is 0 Å². The Morgan fingerprint density at radius 1 is 1.31 bits per heavy atom. The molecule has 0 saturated carbocycles. The molecule has 1 aromatic heterocycles. The number of hydrogen-bond donors (Lipinski definition) is 2. The van der Waals surface area contributed by atoms with Crippen molar-refractivity contribution in [1.82, 2.24) is 4.98 Å². The predicted octanol–water partition coefficient (Wildman–Crippen LogP) is 2.34. The van der Waals surface area contributed by atoms with E-state index in [1.54, 1.807) is 6.20 Å². The molecule has 3 heteroatoms. The van der Waals surface area contributed by atoms with Gasteiger partial charge in [-0.05, 0) is 30.7 Å². The molecule has 2 N–H and O–H groups in total. The molecule has 0 unspecified atom stereocenters. The van der Waals surface area contributed by atoms with Crippen molar-refractivity contribution in [2.45, 2.75) is 6.92 Å². The lowest BCUT2D eigenvalue weighted by Crippen LogP contribution is -1.94. The zero-order chi connectivity index (χ0) is 9.26. The Kier molecular flexibility index (Phi) is 1.87. The molecule has 1 heterocycles. The molecular formula is C10H10N2O. The Bertz CT molecular complexity index is 440. The minimum absolute atomic E-state index is 0.727. The lowest BCUT2D eigenvalue weighted by Gasteiger charge is -2.06. The summed E-state index contributed by atoms with van der Waals surface area (Å²) in [6, 6.07) is 7.63. The average Bonchev–Trinajstić information content (AvgIpc) is 2.18. The van der Waals surface area contributed by atoms with Gasteiger partial charge >= 0.3 is 0 Å². The summed E-state index contributed by atoms with van der Waals surface area (Å²) < 4.78 is 0. The maximum atomic E-state index is 8.94. The minimum Gasteiger partial charge on any atom is -0.291 e. The molecule has 2 rings (SSSR count). The third-order valence-electron chi connectivity index (χ3n) is 2.11. The molecule has 13 heavy (non-hydrogen) atoms. The molecule has 0 amide bonds. The van der Waals surface area contributed by atoms with Crippen LogP contribution in [0.1, 0.15) is 5.56 Å². The van der Waals surface area contributed by atoms with Gasteiger partial charge in [-0.15, -0.1) is 0 Å². The highest BCUT2D eigenvalue weighted by Crippen LogP contribution is 2.24. The predicted molar refractivity (Wildman–Crippen MR) is 51.9 cm³/mol. The van der Waals surface area contributed by atoms with E-state index in [1.165, 1.54) is 0 Å². The molecular weight excluding hydrogens is 164 g/mol. The molecule has 0 aliphatic heterocycles. The third kappa shape index (κ3) is 1.23. The molecule has 0 bridgehead atoms. The maximum Gasteiger partial charge on any atom is 0.0725 e. The van der Waals surface area contributed by atoms with Crippen LogP contribution in [-0.2, 0) is 0 Å².